The van der Waals surface area contributed by atoms with Gasteiger partial charge in [0.1, 0.15) is 0 Å². The van der Waals surface area contributed by atoms with Crippen molar-refractivity contribution in [2.24, 2.45) is 0 Å². The topological polar surface area (TPSA) is 0 Å². The lowest BCUT2D eigenvalue weighted by atomic mass is 9.97. The zero-order valence-electron chi connectivity index (χ0n) is 25.8. The minimum Gasteiger partial charge on any atom is -0.134 e. The van der Waals surface area contributed by atoms with Crippen LogP contribution in [-0.2, 0) is 0 Å². The molecule has 0 N–H and O–H groups in total. The molecule has 0 aliphatic heterocycles. The van der Waals surface area contributed by atoms with E-state index in [-0.39, 0.29) is 0 Å². The third-order valence-electron chi connectivity index (χ3n) is 10.2. The van der Waals surface area contributed by atoms with Crippen LogP contribution in [0, 0.1) is 0 Å². The molecule has 11 rings (SSSR count). The van der Waals surface area contributed by atoms with Crippen molar-refractivity contribution in [3.63, 3.8) is 0 Å². The van der Waals surface area contributed by atoms with E-state index in [0.29, 0.717) is 0 Å². The molecule has 222 valence electrons. The number of thiophene rings is 2. The highest BCUT2D eigenvalue weighted by Gasteiger charge is 2.15. The Morgan fingerprint density at radius 3 is 1.08 bits per heavy atom. The molecule has 0 saturated heterocycles. The second-order valence-corrected chi connectivity index (χ2v) is 15.0. The Balaban J connectivity index is 1.02. The van der Waals surface area contributed by atoms with Crippen molar-refractivity contribution in [3.05, 3.63) is 158 Å². The summed E-state index contributed by atoms with van der Waals surface area (Å²) in [5, 5.41) is 15.8. The normalized spacial score (nSPS) is 12.2. The van der Waals surface area contributed by atoms with E-state index >= 15 is 0 Å². The Bertz CT molecular complexity index is 2910. The van der Waals surface area contributed by atoms with Crippen molar-refractivity contribution in [3.8, 4) is 22.3 Å². The summed E-state index contributed by atoms with van der Waals surface area (Å²) in [5.41, 5.74) is 5.06. The van der Waals surface area contributed by atoms with Crippen LogP contribution >= 0.6 is 22.7 Å². The zero-order chi connectivity index (χ0) is 31.3. The molecule has 2 heterocycles. The lowest BCUT2D eigenvalue weighted by Gasteiger charge is -2.07. The van der Waals surface area contributed by atoms with E-state index in [1.165, 1.54) is 106 Å². The number of hydrogen-bond donors (Lipinski definition) is 0. The zero-order valence-corrected chi connectivity index (χ0v) is 27.5. The van der Waals surface area contributed by atoms with Gasteiger partial charge in [0.15, 0.2) is 0 Å². The first-order valence-electron chi connectivity index (χ1n) is 16.4. The van der Waals surface area contributed by atoms with Gasteiger partial charge in [-0.1, -0.05) is 133 Å². The number of benzene rings is 9. The molecule has 0 spiro atoms. The molecule has 0 radical (unpaired) electrons. The molecule has 0 atom stereocenters. The van der Waals surface area contributed by atoms with Crippen LogP contribution in [0.4, 0.5) is 0 Å². The lowest BCUT2D eigenvalue weighted by molar-refractivity contribution is 1.70. The van der Waals surface area contributed by atoms with Crippen LogP contribution < -0.4 is 0 Å². The summed E-state index contributed by atoms with van der Waals surface area (Å²) in [6.45, 7) is 0. The van der Waals surface area contributed by atoms with Gasteiger partial charge in [-0.05, 0) is 89.6 Å². The molecule has 2 heteroatoms. The van der Waals surface area contributed by atoms with Crippen molar-refractivity contribution in [1.29, 1.82) is 0 Å². The molecule has 11 aromatic rings. The predicted octanol–water partition coefficient (Wildman–Crippen LogP) is 14.4. The fraction of sp³-hybridized carbons (Fsp3) is 0. The third kappa shape index (κ3) is 3.88. The Hall–Kier alpha value is -5.54. The Labute approximate surface area is 284 Å². The maximum atomic E-state index is 2.39. The molecular formula is C46H26S2. The van der Waals surface area contributed by atoms with Gasteiger partial charge in [0, 0.05) is 30.9 Å². The van der Waals surface area contributed by atoms with Crippen LogP contribution in [0.5, 0.6) is 0 Å². The maximum absolute atomic E-state index is 2.39. The van der Waals surface area contributed by atoms with E-state index < -0.39 is 0 Å². The van der Waals surface area contributed by atoms with Gasteiger partial charge in [0.2, 0.25) is 0 Å². The molecule has 0 nitrogen and oxygen atoms in total. The minimum absolute atomic E-state index is 1.26. The number of fused-ring (bicyclic) bond motifs is 13. The SMILES string of the molecule is c1ccc2c(c1)ccc1cc(-c3ccc4c(c3)sc3c4ccc4c5ccc(-c6ccc7c(ccc8ccccc87)c6)cc5sc43)ccc12. The highest BCUT2D eigenvalue weighted by atomic mass is 32.1. The smallest absolute Gasteiger partial charge is 0.0534 e. The van der Waals surface area contributed by atoms with Crippen molar-refractivity contribution in [2.45, 2.75) is 0 Å². The molecule has 9 aromatic carbocycles. The van der Waals surface area contributed by atoms with Gasteiger partial charge >= 0.3 is 0 Å². The van der Waals surface area contributed by atoms with Crippen molar-refractivity contribution < 1.29 is 0 Å². The first kappa shape index (κ1) is 26.5. The molecule has 0 saturated carbocycles. The number of rotatable bonds is 2. The van der Waals surface area contributed by atoms with E-state index in [4.69, 9.17) is 0 Å². The van der Waals surface area contributed by atoms with Crippen LogP contribution in [0.25, 0.3) is 106 Å². The summed E-state index contributed by atoms with van der Waals surface area (Å²) in [6, 6.07) is 58.8. The van der Waals surface area contributed by atoms with Crippen LogP contribution in [0.15, 0.2) is 158 Å². The molecule has 0 fully saturated rings. The monoisotopic (exact) mass is 642 g/mol. The fourth-order valence-corrected chi connectivity index (χ4v) is 10.4. The predicted molar refractivity (Wildman–Crippen MR) is 213 cm³/mol. The van der Waals surface area contributed by atoms with Crippen molar-refractivity contribution in [1.82, 2.24) is 0 Å². The Kier molecular flexibility index (Phi) is 5.51. The first-order chi connectivity index (χ1) is 23.7. The summed E-state index contributed by atoms with van der Waals surface area (Å²) in [7, 11) is 0. The van der Waals surface area contributed by atoms with Gasteiger partial charge in [-0.25, -0.2) is 0 Å². The summed E-state index contributed by atoms with van der Waals surface area (Å²) in [4.78, 5) is 0. The third-order valence-corrected chi connectivity index (χ3v) is 12.7. The van der Waals surface area contributed by atoms with Gasteiger partial charge in [-0.2, -0.15) is 0 Å². The Morgan fingerprint density at radius 2 is 0.604 bits per heavy atom. The highest BCUT2D eigenvalue weighted by Crippen LogP contribution is 2.46. The van der Waals surface area contributed by atoms with Crippen LogP contribution in [0.2, 0.25) is 0 Å². The van der Waals surface area contributed by atoms with Gasteiger partial charge in [0.25, 0.3) is 0 Å². The van der Waals surface area contributed by atoms with Gasteiger partial charge in [-0.15, -0.1) is 22.7 Å². The average molecular weight is 643 g/mol. The molecule has 0 aliphatic rings. The van der Waals surface area contributed by atoms with Crippen molar-refractivity contribution in [2.75, 3.05) is 0 Å². The van der Waals surface area contributed by atoms with E-state index in [9.17, 15) is 0 Å². The lowest BCUT2D eigenvalue weighted by Crippen LogP contribution is -1.81. The standard InChI is InChI=1S/C46H26S2/c1-3-7-35-27(5-1)9-11-33-23-29(13-17-37(33)35)31-15-19-39-41-21-22-42-40-20-16-32(26-44(40)48-46(42)45(41)47-43(39)25-31)30-14-18-38-34(24-30)12-10-28-6-2-4-8-36(28)38/h1-26H. The quantitative estimate of drug-likeness (QED) is 0.165. The van der Waals surface area contributed by atoms with Gasteiger partial charge in [-0.3, -0.25) is 0 Å². The largest absolute Gasteiger partial charge is 0.134 e. The van der Waals surface area contributed by atoms with Gasteiger partial charge in [0.05, 0.1) is 9.40 Å². The first-order valence-corrected chi connectivity index (χ1v) is 18.0. The Morgan fingerprint density at radius 1 is 0.250 bits per heavy atom. The summed E-state index contributed by atoms with van der Waals surface area (Å²) >= 11 is 3.87. The average Bonchev–Trinajstić information content (AvgIpc) is 3.72. The maximum Gasteiger partial charge on any atom is 0.0534 e. The van der Waals surface area contributed by atoms with Crippen LogP contribution in [-0.4, -0.2) is 0 Å². The van der Waals surface area contributed by atoms with E-state index in [1.807, 2.05) is 22.7 Å². The molecule has 2 aromatic heterocycles. The fourth-order valence-electron chi connectivity index (χ4n) is 7.81. The second-order valence-electron chi connectivity index (χ2n) is 12.9. The van der Waals surface area contributed by atoms with Crippen LogP contribution in [0.1, 0.15) is 0 Å². The van der Waals surface area contributed by atoms with E-state index in [0.717, 1.165) is 0 Å². The van der Waals surface area contributed by atoms with Crippen LogP contribution in [0.3, 0.4) is 0 Å². The molecule has 0 unspecified atom stereocenters. The summed E-state index contributed by atoms with van der Waals surface area (Å²) in [6.07, 6.45) is 0. The van der Waals surface area contributed by atoms with Crippen molar-refractivity contribution >= 4 is 106 Å². The second kappa shape index (κ2) is 9.98. The summed E-state index contributed by atoms with van der Waals surface area (Å²) < 4.78 is 5.47. The minimum atomic E-state index is 1.26. The highest BCUT2D eigenvalue weighted by molar-refractivity contribution is 7.33. The summed E-state index contributed by atoms with van der Waals surface area (Å²) in [5.74, 6) is 0. The molecule has 0 bridgehead atoms. The number of hydrogen-bond acceptors (Lipinski definition) is 2. The van der Waals surface area contributed by atoms with Gasteiger partial charge < -0.3 is 0 Å². The molecule has 0 amide bonds. The molecule has 48 heavy (non-hydrogen) atoms. The molecule has 0 aliphatic carbocycles. The van der Waals surface area contributed by atoms with E-state index in [2.05, 4.69) is 158 Å². The van der Waals surface area contributed by atoms with E-state index in [1.54, 1.807) is 0 Å². The molecular weight excluding hydrogens is 617 g/mol.